The first kappa shape index (κ1) is 21.0. The fourth-order valence-electron chi connectivity index (χ4n) is 1.39. The zero-order valence-corrected chi connectivity index (χ0v) is 12.9. The number of alkyl halides is 6. The van der Waals surface area contributed by atoms with E-state index in [4.69, 9.17) is 0 Å². The van der Waals surface area contributed by atoms with Crippen molar-refractivity contribution >= 4 is 16.1 Å². The average Bonchev–Trinajstić information content (AvgIpc) is 2.43. The van der Waals surface area contributed by atoms with Gasteiger partial charge in [-0.05, 0) is 19.1 Å². The summed E-state index contributed by atoms with van der Waals surface area (Å²) < 4.78 is 112. The van der Waals surface area contributed by atoms with Crippen LogP contribution in [0.2, 0.25) is 0 Å². The molecule has 0 spiro atoms. The highest BCUT2D eigenvalue weighted by Gasteiger charge is 2.68. The van der Waals surface area contributed by atoms with E-state index in [2.05, 4.69) is 0 Å². The molecule has 1 aromatic carbocycles. The summed E-state index contributed by atoms with van der Waals surface area (Å²) in [5, 5.41) is 0.591. The smallest absolute Gasteiger partial charge is 0.315 e. The second-order valence-electron chi connectivity index (χ2n) is 4.74. The van der Waals surface area contributed by atoms with Crippen LogP contribution in [-0.2, 0) is 10.0 Å². The van der Waals surface area contributed by atoms with Crippen molar-refractivity contribution in [2.24, 2.45) is 0 Å². The van der Waals surface area contributed by atoms with Gasteiger partial charge < -0.3 is 5.32 Å². The van der Waals surface area contributed by atoms with Crippen molar-refractivity contribution in [2.75, 3.05) is 0 Å². The minimum atomic E-state index is -5.92. The quantitative estimate of drug-likeness (QED) is 0.538. The molecule has 1 aromatic rings. The van der Waals surface area contributed by atoms with Crippen LogP contribution in [0.3, 0.4) is 0 Å². The van der Waals surface area contributed by atoms with Crippen molar-refractivity contribution in [3.63, 3.8) is 0 Å². The lowest BCUT2D eigenvalue weighted by molar-refractivity contribution is -0.297. The normalized spacial score (nSPS) is 13.4. The number of hydrazine groups is 1. The van der Waals surface area contributed by atoms with Crippen LogP contribution < -0.4 is 15.6 Å². The molecule has 25 heavy (non-hydrogen) atoms. The number of halogens is 7. The number of carbonyl (C=O) groups excluding carboxylic acids is 1. The van der Waals surface area contributed by atoms with Crippen LogP contribution in [0.15, 0.2) is 29.2 Å². The number of hydrogen-bond donors (Lipinski definition) is 3. The Bertz CT molecular complexity index is 732. The van der Waals surface area contributed by atoms with Gasteiger partial charge in [0.2, 0.25) is 5.54 Å². The van der Waals surface area contributed by atoms with Gasteiger partial charge in [-0.1, -0.05) is 12.1 Å². The van der Waals surface area contributed by atoms with Gasteiger partial charge in [-0.3, -0.25) is 5.43 Å². The topological polar surface area (TPSA) is 87.3 Å². The molecular formula is C11H10F7N3O3S. The van der Waals surface area contributed by atoms with Gasteiger partial charge in [0.1, 0.15) is 10.7 Å². The van der Waals surface area contributed by atoms with Crippen molar-refractivity contribution < 1.29 is 43.9 Å². The molecule has 1 rings (SSSR count). The van der Waals surface area contributed by atoms with Gasteiger partial charge in [0.15, 0.2) is 0 Å². The molecule has 14 heteroatoms. The number of sulfonamides is 1. The summed E-state index contributed by atoms with van der Waals surface area (Å²) in [7, 11) is -4.77. The minimum absolute atomic E-state index is 0.349. The number of benzene rings is 1. The number of carbonyl (C=O) groups is 1. The summed E-state index contributed by atoms with van der Waals surface area (Å²) in [6, 6.07) is 1.57. The first-order chi connectivity index (χ1) is 11.1. The summed E-state index contributed by atoms with van der Waals surface area (Å²) in [6.45, 7) is -0.349. The zero-order valence-electron chi connectivity index (χ0n) is 12.1. The zero-order chi connectivity index (χ0) is 19.7. The lowest BCUT2D eigenvalue weighted by Gasteiger charge is -2.34. The molecule has 0 bridgehead atoms. The predicted molar refractivity (Wildman–Crippen MR) is 68.9 cm³/mol. The van der Waals surface area contributed by atoms with Gasteiger partial charge >= 0.3 is 18.4 Å². The number of urea groups is 1. The fourth-order valence-corrected chi connectivity index (χ4v) is 2.31. The molecule has 6 nitrogen and oxygen atoms in total. The fraction of sp³-hybridized carbons (Fsp3) is 0.364. The third kappa shape index (κ3) is 4.50. The maximum absolute atomic E-state index is 13.3. The van der Waals surface area contributed by atoms with E-state index in [1.165, 1.54) is 4.83 Å². The van der Waals surface area contributed by atoms with E-state index in [-0.39, 0.29) is 6.92 Å². The van der Waals surface area contributed by atoms with Crippen LogP contribution in [0, 0.1) is 5.82 Å². The molecule has 142 valence electrons. The number of rotatable bonds is 4. The molecule has 0 atom stereocenters. The van der Waals surface area contributed by atoms with Crippen LogP contribution in [0.5, 0.6) is 0 Å². The highest BCUT2D eigenvalue weighted by atomic mass is 32.2. The Morgan fingerprint density at radius 2 is 1.48 bits per heavy atom. The van der Waals surface area contributed by atoms with Crippen LogP contribution in [0.1, 0.15) is 6.92 Å². The van der Waals surface area contributed by atoms with E-state index >= 15 is 0 Å². The minimum Gasteiger partial charge on any atom is -0.315 e. The maximum Gasteiger partial charge on any atom is 0.420 e. The molecule has 0 aliphatic carbocycles. The summed E-state index contributed by atoms with van der Waals surface area (Å²) in [4.78, 5) is 11.5. The van der Waals surface area contributed by atoms with E-state index < -0.39 is 44.7 Å². The Kier molecular flexibility index (Phi) is 5.59. The van der Waals surface area contributed by atoms with Crippen LogP contribution in [0.25, 0.3) is 0 Å². The molecule has 0 saturated heterocycles. The first-order valence-corrected chi connectivity index (χ1v) is 7.58. The van der Waals surface area contributed by atoms with Gasteiger partial charge in [-0.25, -0.2) is 17.6 Å². The highest BCUT2D eigenvalue weighted by molar-refractivity contribution is 7.89. The van der Waals surface area contributed by atoms with E-state index in [1.807, 2.05) is 0 Å². The third-order valence-electron chi connectivity index (χ3n) is 2.92. The predicted octanol–water partition coefficient (Wildman–Crippen LogP) is 2.20. The Hall–Kier alpha value is -2.09. The molecule has 3 N–H and O–H groups in total. The average molecular weight is 397 g/mol. The Labute approximate surface area is 136 Å². The molecule has 0 saturated carbocycles. The van der Waals surface area contributed by atoms with E-state index in [1.54, 1.807) is 0 Å². The van der Waals surface area contributed by atoms with E-state index in [0.717, 1.165) is 29.7 Å². The molecule has 0 aromatic heterocycles. The van der Waals surface area contributed by atoms with Gasteiger partial charge in [0, 0.05) is 0 Å². The van der Waals surface area contributed by atoms with E-state index in [9.17, 15) is 43.9 Å². The molecule has 0 unspecified atom stereocenters. The standard InChI is InChI=1S/C11H10F7N3O3S/c1-9(10(13,14)15,11(16,17)18)19-8(22)20-21-25(23,24)7-5-3-2-4-6(7)12/h2-5,21H,1H3,(H2,19,20,22). The van der Waals surface area contributed by atoms with Crippen molar-refractivity contribution in [2.45, 2.75) is 29.7 Å². The van der Waals surface area contributed by atoms with Crippen molar-refractivity contribution in [3.05, 3.63) is 30.1 Å². The highest BCUT2D eigenvalue weighted by Crippen LogP contribution is 2.42. The van der Waals surface area contributed by atoms with Gasteiger partial charge in [-0.2, -0.15) is 26.3 Å². The molecule has 0 fully saturated rings. The summed E-state index contributed by atoms with van der Waals surface area (Å²) >= 11 is 0. The second kappa shape index (κ2) is 6.67. The molecular weight excluding hydrogens is 387 g/mol. The molecule has 0 aliphatic heterocycles. The molecule has 0 radical (unpaired) electrons. The van der Waals surface area contributed by atoms with Crippen molar-refractivity contribution in [3.8, 4) is 0 Å². The van der Waals surface area contributed by atoms with Gasteiger partial charge in [-0.15, -0.1) is 4.83 Å². The third-order valence-corrected chi connectivity index (χ3v) is 4.20. The summed E-state index contributed by atoms with van der Waals surface area (Å²) in [6.07, 6.45) is -11.8. The Morgan fingerprint density at radius 1 is 1.00 bits per heavy atom. The van der Waals surface area contributed by atoms with E-state index in [0.29, 0.717) is 5.32 Å². The van der Waals surface area contributed by atoms with Crippen molar-refractivity contribution in [1.29, 1.82) is 0 Å². The largest absolute Gasteiger partial charge is 0.420 e. The summed E-state index contributed by atoms with van der Waals surface area (Å²) in [5.41, 5.74) is -3.55. The molecule has 0 heterocycles. The SMILES string of the molecule is CC(NC(=O)NNS(=O)(=O)c1ccccc1F)(C(F)(F)F)C(F)(F)F. The van der Waals surface area contributed by atoms with Crippen molar-refractivity contribution in [1.82, 2.24) is 15.6 Å². The van der Waals surface area contributed by atoms with Gasteiger partial charge in [0.25, 0.3) is 10.0 Å². The molecule has 2 amide bonds. The Balaban J connectivity index is 2.92. The Morgan fingerprint density at radius 3 is 1.92 bits per heavy atom. The number of amides is 2. The number of hydrogen-bond acceptors (Lipinski definition) is 3. The van der Waals surface area contributed by atoms with Gasteiger partial charge in [0.05, 0.1) is 0 Å². The lowest BCUT2D eigenvalue weighted by Crippen LogP contribution is -2.67. The molecule has 0 aliphatic rings. The van der Waals surface area contributed by atoms with Crippen LogP contribution in [-0.4, -0.2) is 32.3 Å². The summed E-state index contributed by atoms with van der Waals surface area (Å²) in [5.74, 6) is -1.26. The second-order valence-corrected chi connectivity index (χ2v) is 6.39. The number of nitrogens with one attached hydrogen (secondary N) is 3. The first-order valence-electron chi connectivity index (χ1n) is 6.10. The monoisotopic (exact) mass is 397 g/mol. The lowest BCUT2D eigenvalue weighted by atomic mass is 10.0. The van der Waals surface area contributed by atoms with Crippen LogP contribution in [0.4, 0.5) is 35.5 Å². The van der Waals surface area contributed by atoms with Crippen LogP contribution >= 0.6 is 0 Å². The maximum atomic E-state index is 13.3.